The first-order valence-corrected chi connectivity index (χ1v) is 13.6. The van der Waals surface area contributed by atoms with E-state index in [4.69, 9.17) is 19.3 Å². The lowest BCUT2D eigenvalue weighted by Gasteiger charge is -2.35. The Hall–Kier alpha value is -4.46. The molecule has 1 unspecified atom stereocenters. The van der Waals surface area contributed by atoms with E-state index in [1.807, 2.05) is 89.8 Å². The number of benzene rings is 3. The quantitative estimate of drug-likeness (QED) is 0.177. The highest BCUT2D eigenvalue weighted by molar-refractivity contribution is 5.81. The van der Waals surface area contributed by atoms with Crippen molar-refractivity contribution in [3.63, 3.8) is 0 Å². The summed E-state index contributed by atoms with van der Waals surface area (Å²) < 4.78 is 17.4. The molecule has 1 aliphatic heterocycles. The number of carboxylic acids is 2. The molecule has 1 atom stereocenters. The molecule has 8 heteroatoms. The molecule has 4 rings (SSSR count). The van der Waals surface area contributed by atoms with Crippen LogP contribution in [0.4, 0.5) is 5.69 Å². The first kappa shape index (κ1) is 28.5. The summed E-state index contributed by atoms with van der Waals surface area (Å²) in [5.41, 5.74) is 2.48. The van der Waals surface area contributed by atoms with Crippen molar-refractivity contribution in [3.05, 3.63) is 83.9 Å². The predicted molar refractivity (Wildman–Crippen MR) is 154 cm³/mol. The molecular weight excluding hydrogens is 510 g/mol. The van der Waals surface area contributed by atoms with Crippen LogP contribution in [0.15, 0.2) is 72.8 Å². The van der Waals surface area contributed by atoms with Crippen molar-refractivity contribution < 1.29 is 34.0 Å². The van der Waals surface area contributed by atoms with Gasteiger partial charge in [0.25, 0.3) is 0 Å². The number of rotatable bonds is 15. The fourth-order valence-electron chi connectivity index (χ4n) is 4.43. The van der Waals surface area contributed by atoms with Crippen molar-refractivity contribution >= 4 is 29.8 Å². The van der Waals surface area contributed by atoms with Gasteiger partial charge in [-0.3, -0.25) is 4.79 Å². The number of hydrogen-bond acceptors (Lipinski definition) is 6. The lowest BCUT2D eigenvalue weighted by molar-refractivity contribution is -0.145. The van der Waals surface area contributed by atoms with Crippen LogP contribution in [-0.2, 0) is 9.59 Å². The highest BCUT2D eigenvalue weighted by Gasteiger charge is 2.31. The average Bonchev–Trinajstić information content (AvgIpc) is 2.96. The molecule has 3 aromatic carbocycles. The second kappa shape index (κ2) is 14.6. The van der Waals surface area contributed by atoms with Gasteiger partial charge >= 0.3 is 11.9 Å². The third-order valence-electron chi connectivity index (χ3n) is 6.51. The molecule has 3 aromatic rings. The van der Waals surface area contributed by atoms with Gasteiger partial charge in [0.2, 0.25) is 6.10 Å². The normalized spacial score (nSPS) is 14.4. The summed E-state index contributed by atoms with van der Waals surface area (Å²) in [6.07, 6.45) is 6.19. The van der Waals surface area contributed by atoms with Crippen LogP contribution in [0.1, 0.15) is 43.2 Å². The fourth-order valence-corrected chi connectivity index (χ4v) is 4.43. The Bertz CT molecular complexity index is 1270. The number of para-hydroxylation sites is 2. The molecule has 0 aliphatic carbocycles. The molecule has 0 saturated carbocycles. The Balaban J connectivity index is 1.28. The summed E-state index contributed by atoms with van der Waals surface area (Å²) in [6.45, 7) is 1.93. The maximum Gasteiger partial charge on any atom is 0.346 e. The van der Waals surface area contributed by atoms with E-state index in [0.29, 0.717) is 31.9 Å². The van der Waals surface area contributed by atoms with Crippen molar-refractivity contribution in [2.24, 2.45) is 0 Å². The minimum atomic E-state index is -1.05. The van der Waals surface area contributed by atoms with Gasteiger partial charge in [-0.1, -0.05) is 54.6 Å². The van der Waals surface area contributed by atoms with Crippen molar-refractivity contribution in [1.29, 1.82) is 0 Å². The number of fused-ring (bicyclic) bond motifs is 1. The van der Waals surface area contributed by atoms with Crippen molar-refractivity contribution in [2.45, 2.75) is 38.2 Å². The van der Waals surface area contributed by atoms with Gasteiger partial charge in [-0.25, -0.2) is 4.79 Å². The van der Waals surface area contributed by atoms with E-state index < -0.39 is 18.0 Å². The summed E-state index contributed by atoms with van der Waals surface area (Å²) in [5.74, 6) is 0.262. The van der Waals surface area contributed by atoms with Gasteiger partial charge in [0.15, 0.2) is 5.75 Å². The predicted octanol–water partition coefficient (Wildman–Crippen LogP) is 6.00. The van der Waals surface area contributed by atoms with E-state index in [0.717, 1.165) is 47.6 Å². The molecule has 1 aliphatic rings. The second-order valence-electron chi connectivity index (χ2n) is 9.56. The van der Waals surface area contributed by atoms with Crippen LogP contribution in [0, 0.1) is 0 Å². The Labute approximate surface area is 234 Å². The topological polar surface area (TPSA) is 106 Å². The number of anilines is 1. The van der Waals surface area contributed by atoms with Gasteiger partial charge < -0.3 is 29.3 Å². The number of ether oxygens (including phenoxy) is 3. The van der Waals surface area contributed by atoms with Crippen molar-refractivity contribution in [3.8, 4) is 17.2 Å². The summed E-state index contributed by atoms with van der Waals surface area (Å²) in [7, 11) is 0. The van der Waals surface area contributed by atoms with E-state index in [1.165, 1.54) is 0 Å². The number of carboxylic acid groups (broad SMARTS) is 2. The van der Waals surface area contributed by atoms with Crippen molar-refractivity contribution in [2.75, 3.05) is 31.2 Å². The number of aliphatic carboxylic acids is 2. The van der Waals surface area contributed by atoms with Crippen LogP contribution in [0.3, 0.4) is 0 Å². The van der Waals surface area contributed by atoms with Crippen LogP contribution in [0.25, 0.3) is 12.2 Å². The zero-order valence-corrected chi connectivity index (χ0v) is 22.4. The molecule has 210 valence electrons. The van der Waals surface area contributed by atoms with Crippen LogP contribution >= 0.6 is 0 Å². The third kappa shape index (κ3) is 8.53. The fraction of sp³-hybridized carbons (Fsp3) is 0.312. The molecule has 0 bridgehead atoms. The SMILES string of the molecule is O=C(O)CCCN1CC(C(=O)O)Oc2c(C=Cc3ccc(OCCCCCOc4ccccc4)cc3)cccc21. The van der Waals surface area contributed by atoms with Gasteiger partial charge in [0.1, 0.15) is 11.5 Å². The molecule has 0 radical (unpaired) electrons. The van der Waals surface area contributed by atoms with Crippen LogP contribution in [0.2, 0.25) is 0 Å². The first-order chi connectivity index (χ1) is 19.5. The van der Waals surface area contributed by atoms with Crippen LogP contribution in [0.5, 0.6) is 17.2 Å². The lowest BCUT2D eigenvalue weighted by Crippen LogP contribution is -2.45. The zero-order valence-electron chi connectivity index (χ0n) is 22.4. The number of carbonyl (C=O) groups is 2. The van der Waals surface area contributed by atoms with Gasteiger partial charge in [-0.2, -0.15) is 0 Å². The van der Waals surface area contributed by atoms with Crippen molar-refractivity contribution in [1.82, 2.24) is 0 Å². The number of unbranched alkanes of at least 4 members (excludes halogenated alkanes) is 2. The molecule has 1 heterocycles. The number of hydrogen-bond donors (Lipinski definition) is 2. The lowest BCUT2D eigenvalue weighted by atomic mass is 10.1. The maximum atomic E-state index is 11.7. The molecule has 8 nitrogen and oxygen atoms in total. The molecule has 2 N–H and O–H groups in total. The number of nitrogens with zero attached hydrogens (tertiary/aromatic N) is 1. The summed E-state index contributed by atoms with van der Waals surface area (Å²) in [4.78, 5) is 24.6. The molecule has 40 heavy (non-hydrogen) atoms. The van der Waals surface area contributed by atoms with E-state index in [9.17, 15) is 14.7 Å². The van der Waals surface area contributed by atoms with E-state index in [2.05, 4.69) is 0 Å². The second-order valence-corrected chi connectivity index (χ2v) is 9.56. The Morgan fingerprint density at radius 1 is 0.825 bits per heavy atom. The molecule has 0 amide bonds. The van der Waals surface area contributed by atoms with E-state index in [1.54, 1.807) is 0 Å². The van der Waals surface area contributed by atoms with Gasteiger partial charge in [-0.15, -0.1) is 0 Å². The summed E-state index contributed by atoms with van der Waals surface area (Å²) in [6, 6.07) is 23.2. The Kier molecular flexibility index (Phi) is 10.4. The highest BCUT2D eigenvalue weighted by atomic mass is 16.5. The molecular formula is C32H35NO7. The molecule has 0 fully saturated rings. The van der Waals surface area contributed by atoms with Crippen LogP contribution < -0.4 is 19.1 Å². The minimum absolute atomic E-state index is 0.0213. The van der Waals surface area contributed by atoms with E-state index >= 15 is 0 Å². The molecule has 0 saturated heterocycles. The van der Waals surface area contributed by atoms with Gasteiger partial charge in [0.05, 0.1) is 25.4 Å². The van der Waals surface area contributed by atoms with Crippen LogP contribution in [-0.4, -0.2) is 54.6 Å². The highest BCUT2D eigenvalue weighted by Crippen LogP contribution is 2.38. The third-order valence-corrected chi connectivity index (χ3v) is 6.51. The Morgan fingerprint density at radius 2 is 1.52 bits per heavy atom. The monoisotopic (exact) mass is 545 g/mol. The minimum Gasteiger partial charge on any atom is -0.494 e. The first-order valence-electron chi connectivity index (χ1n) is 13.6. The summed E-state index contributed by atoms with van der Waals surface area (Å²) in [5, 5.41) is 18.6. The largest absolute Gasteiger partial charge is 0.494 e. The van der Waals surface area contributed by atoms with Gasteiger partial charge in [-0.05, 0) is 61.6 Å². The Morgan fingerprint density at radius 3 is 2.20 bits per heavy atom. The molecule has 0 aromatic heterocycles. The maximum absolute atomic E-state index is 11.7. The molecule has 0 spiro atoms. The smallest absolute Gasteiger partial charge is 0.346 e. The van der Waals surface area contributed by atoms with E-state index in [-0.39, 0.29) is 13.0 Å². The standard InChI is InChI=1S/C32H35NO7/c34-30(35)13-8-20-33-23-29(32(36)37)40-31-25(9-7-12-28(31)33)17-14-24-15-18-27(19-16-24)39-22-6-2-5-21-38-26-10-3-1-4-11-26/h1,3-4,7,9-12,14-19,29H,2,5-6,8,13,20-23H2,(H,34,35)(H,36,37). The zero-order chi connectivity index (χ0) is 28.2. The average molecular weight is 546 g/mol. The summed E-state index contributed by atoms with van der Waals surface area (Å²) >= 11 is 0. The van der Waals surface area contributed by atoms with Gasteiger partial charge in [0, 0.05) is 18.5 Å².